The zero-order valence-electron chi connectivity index (χ0n) is 9.92. The molecule has 96 valence electrons. The van der Waals surface area contributed by atoms with Gasteiger partial charge >= 0.3 is 6.18 Å². The van der Waals surface area contributed by atoms with Crippen molar-refractivity contribution in [3.8, 4) is 11.3 Å². The smallest absolute Gasteiger partial charge is 0.384 e. The predicted molar refractivity (Wildman–Crippen MR) is 62.8 cm³/mol. The minimum absolute atomic E-state index is 0.404. The normalized spacial score (nSPS) is 11.8. The Kier molecular flexibility index (Phi) is 2.80. The topological polar surface area (TPSA) is 43.8 Å². The number of aryl methyl sites for hydroxylation is 2. The van der Waals surface area contributed by atoms with Crippen LogP contribution in [-0.4, -0.2) is 9.78 Å². The first-order valence-corrected chi connectivity index (χ1v) is 5.27. The van der Waals surface area contributed by atoms with E-state index < -0.39 is 11.7 Å². The van der Waals surface area contributed by atoms with Gasteiger partial charge in [-0.05, 0) is 24.6 Å². The molecule has 1 heterocycles. The average Bonchev–Trinajstić information content (AvgIpc) is 2.58. The molecular weight excluding hydrogens is 243 g/mol. The van der Waals surface area contributed by atoms with E-state index in [1.54, 1.807) is 20.0 Å². The van der Waals surface area contributed by atoms with Crippen molar-refractivity contribution >= 4 is 5.82 Å². The number of hydrogen-bond donors (Lipinski definition) is 1. The summed E-state index contributed by atoms with van der Waals surface area (Å²) in [4.78, 5) is 0. The Morgan fingerprint density at radius 2 is 1.89 bits per heavy atom. The highest BCUT2D eigenvalue weighted by molar-refractivity contribution is 5.67. The van der Waals surface area contributed by atoms with E-state index in [1.165, 1.54) is 10.7 Å². The summed E-state index contributed by atoms with van der Waals surface area (Å²) in [6.45, 7) is 1.74. The van der Waals surface area contributed by atoms with Crippen LogP contribution in [0.2, 0.25) is 0 Å². The van der Waals surface area contributed by atoms with E-state index in [1.807, 2.05) is 0 Å². The van der Waals surface area contributed by atoms with Gasteiger partial charge in [-0.3, -0.25) is 4.68 Å². The lowest BCUT2D eigenvalue weighted by atomic mass is 10.0. The molecule has 0 aliphatic rings. The molecule has 0 unspecified atom stereocenters. The maximum absolute atomic E-state index is 12.6. The lowest BCUT2D eigenvalue weighted by Gasteiger charge is -2.09. The molecule has 0 spiro atoms. The summed E-state index contributed by atoms with van der Waals surface area (Å²) in [5.41, 5.74) is 6.55. The zero-order valence-corrected chi connectivity index (χ0v) is 9.92. The summed E-state index contributed by atoms with van der Waals surface area (Å²) in [6.07, 6.45) is -4.36. The lowest BCUT2D eigenvalue weighted by molar-refractivity contribution is -0.137. The van der Waals surface area contributed by atoms with E-state index in [2.05, 4.69) is 5.10 Å². The third-order valence-corrected chi connectivity index (χ3v) is 2.76. The van der Waals surface area contributed by atoms with Crippen molar-refractivity contribution in [3.05, 3.63) is 35.4 Å². The molecule has 0 bridgehead atoms. The first kappa shape index (κ1) is 12.5. The van der Waals surface area contributed by atoms with Crippen molar-refractivity contribution in [1.82, 2.24) is 9.78 Å². The molecule has 0 aliphatic heterocycles. The van der Waals surface area contributed by atoms with Gasteiger partial charge in [0.05, 0.1) is 11.3 Å². The molecule has 0 fully saturated rings. The van der Waals surface area contributed by atoms with Crippen LogP contribution in [0.25, 0.3) is 11.3 Å². The molecule has 0 atom stereocenters. The van der Waals surface area contributed by atoms with Crippen molar-refractivity contribution in [3.63, 3.8) is 0 Å². The molecule has 2 N–H and O–H groups in total. The molecule has 3 nitrogen and oxygen atoms in total. The number of rotatable bonds is 1. The Bertz CT molecular complexity index is 565. The van der Waals surface area contributed by atoms with Crippen molar-refractivity contribution in [1.29, 1.82) is 0 Å². The van der Waals surface area contributed by atoms with Crippen LogP contribution in [-0.2, 0) is 13.2 Å². The molecular formula is C12H12F3N3. The fourth-order valence-electron chi connectivity index (χ4n) is 1.69. The van der Waals surface area contributed by atoms with Crippen LogP contribution in [0.15, 0.2) is 24.3 Å². The average molecular weight is 255 g/mol. The van der Waals surface area contributed by atoms with Crippen LogP contribution in [0.5, 0.6) is 0 Å². The van der Waals surface area contributed by atoms with Gasteiger partial charge in [0.25, 0.3) is 0 Å². The quantitative estimate of drug-likeness (QED) is 0.851. The number of aromatic nitrogens is 2. The predicted octanol–water partition coefficient (Wildman–Crippen LogP) is 3.00. The Morgan fingerprint density at radius 1 is 1.22 bits per heavy atom. The third-order valence-electron chi connectivity index (χ3n) is 2.76. The van der Waals surface area contributed by atoms with Crippen molar-refractivity contribution in [2.45, 2.75) is 13.1 Å². The summed E-state index contributed by atoms with van der Waals surface area (Å²) in [6, 6.07) is 5.15. The summed E-state index contributed by atoms with van der Waals surface area (Å²) >= 11 is 0. The number of nitrogen functional groups attached to an aromatic ring is 1. The zero-order chi connectivity index (χ0) is 13.5. The molecule has 2 aromatic rings. The van der Waals surface area contributed by atoms with Crippen LogP contribution in [0, 0.1) is 6.92 Å². The second kappa shape index (κ2) is 4.04. The van der Waals surface area contributed by atoms with Gasteiger partial charge in [0.1, 0.15) is 5.82 Å². The number of nitrogens with zero attached hydrogens (tertiary/aromatic N) is 2. The first-order chi connectivity index (χ1) is 8.29. The Morgan fingerprint density at radius 3 is 2.39 bits per heavy atom. The molecule has 0 saturated carbocycles. The van der Waals surface area contributed by atoms with E-state index >= 15 is 0 Å². The molecule has 0 saturated heterocycles. The van der Waals surface area contributed by atoms with Crippen LogP contribution >= 0.6 is 0 Å². The highest BCUT2D eigenvalue weighted by Gasteiger charge is 2.31. The number of nitrogens with two attached hydrogens (primary N) is 1. The van der Waals surface area contributed by atoms with E-state index in [4.69, 9.17) is 5.73 Å². The van der Waals surface area contributed by atoms with Crippen LogP contribution < -0.4 is 5.73 Å². The summed E-state index contributed by atoms with van der Waals surface area (Å²) < 4.78 is 39.4. The fraction of sp³-hybridized carbons (Fsp3) is 0.250. The minimum atomic E-state index is -4.36. The first-order valence-electron chi connectivity index (χ1n) is 5.27. The van der Waals surface area contributed by atoms with Crippen LogP contribution in [0.1, 0.15) is 11.1 Å². The maximum Gasteiger partial charge on any atom is 0.416 e. The van der Waals surface area contributed by atoms with Crippen molar-refractivity contribution in [2.24, 2.45) is 7.05 Å². The van der Waals surface area contributed by atoms with Crippen molar-refractivity contribution in [2.75, 3.05) is 5.73 Å². The van der Waals surface area contributed by atoms with Gasteiger partial charge in [-0.2, -0.15) is 18.3 Å². The van der Waals surface area contributed by atoms with Crippen LogP contribution in [0.3, 0.4) is 0 Å². The summed E-state index contributed by atoms with van der Waals surface area (Å²) in [7, 11) is 1.64. The lowest BCUT2D eigenvalue weighted by Crippen LogP contribution is -2.05. The second-order valence-corrected chi connectivity index (χ2v) is 4.11. The van der Waals surface area contributed by atoms with E-state index in [-0.39, 0.29) is 0 Å². The van der Waals surface area contributed by atoms with Gasteiger partial charge in [-0.15, -0.1) is 0 Å². The minimum Gasteiger partial charge on any atom is -0.384 e. The number of anilines is 1. The van der Waals surface area contributed by atoms with E-state index in [0.29, 0.717) is 17.1 Å². The molecule has 2 rings (SSSR count). The van der Waals surface area contributed by atoms with Gasteiger partial charge < -0.3 is 5.73 Å². The molecule has 18 heavy (non-hydrogen) atoms. The SMILES string of the molecule is Cc1ccc(C(F)(F)F)cc1-c1cc(N)n(C)n1. The van der Waals surface area contributed by atoms with Gasteiger partial charge in [0.15, 0.2) is 0 Å². The number of halogens is 3. The van der Waals surface area contributed by atoms with Gasteiger partial charge in [-0.25, -0.2) is 0 Å². The summed E-state index contributed by atoms with van der Waals surface area (Å²) in [5, 5.41) is 4.09. The molecule has 6 heteroatoms. The number of benzene rings is 1. The highest BCUT2D eigenvalue weighted by Crippen LogP contribution is 2.33. The molecule has 0 amide bonds. The number of alkyl halides is 3. The third kappa shape index (κ3) is 2.18. The summed E-state index contributed by atoms with van der Waals surface area (Å²) in [5.74, 6) is 0.404. The molecule has 1 aromatic heterocycles. The Balaban J connectivity index is 2.56. The maximum atomic E-state index is 12.6. The van der Waals surface area contributed by atoms with Gasteiger partial charge in [0, 0.05) is 18.7 Å². The van der Waals surface area contributed by atoms with E-state index in [9.17, 15) is 13.2 Å². The molecule has 1 aromatic carbocycles. The van der Waals surface area contributed by atoms with Gasteiger partial charge in [-0.1, -0.05) is 6.07 Å². The molecule has 0 radical (unpaired) electrons. The van der Waals surface area contributed by atoms with Gasteiger partial charge in [0.2, 0.25) is 0 Å². The molecule has 0 aliphatic carbocycles. The fourth-order valence-corrected chi connectivity index (χ4v) is 1.69. The monoisotopic (exact) mass is 255 g/mol. The Hall–Kier alpha value is -1.98. The van der Waals surface area contributed by atoms with E-state index in [0.717, 1.165) is 17.7 Å². The Labute approximate surface area is 102 Å². The largest absolute Gasteiger partial charge is 0.416 e. The number of hydrogen-bond acceptors (Lipinski definition) is 2. The van der Waals surface area contributed by atoms with Crippen LogP contribution in [0.4, 0.5) is 19.0 Å². The standard InChI is InChI=1S/C12H12F3N3/c1-7-3-4-8(12(13,14)15)5-9(7)10-6-11(16)18(2)17-10/h3-6H,16H2,1-2H3. The highest BCUT2D eigenvalue weighted by atomic mass is 19.4. The van der Waals surface area contributed by atoms with Crippen molar-refractivity contribution < 1.29 is 13.2 Å². The second-order valence-electron chi connectivity index (χ2n) is 4.11.